The van der Waals surface area contributed by atoms with E-state index in [4.69, 9.17) is 0 Å². The highest BCUT2D eigenvalue weighted by atomic mass is 79.9. The predicted molar refractivity (Wildman–Crippen MR) is 45.0 cm³/mol. The van der Waals surface area contributed by atoms with Gasteiger partial charge in [0.1, 0.15) is 0 Å². The van der Waals surface area contributed by atoms with E-state index in [0.29, 0.717) is 5.69 Å². The minimum Gasteiger partial charge on any atom is -0.311 e. The Bertz CT molecular complexity index is 334. The Morgan fingerprint density at radius 1 is 1.64 bits per heavy atom. The molecule has 0 saturated carbocycles. The molecule has 0 atom stereocenters. The van der Waals surface area contributed by atoms with E-state index in [1.165, 1.54) is 6.07 Å². The summed E-state index contributed by atoms with van der Waals surface area (Å²) in [4.78, 5) is 24.5. The average Bonchev–Trinajstić information content (AvgIpc) is 1.85. The first-order chi connectivity index (χ1) is 5.15. The number of aromatic nitrogens is 2. The lowest BCUT2D eigenvalue weighted by molar-refractivity contribution is 0.758. The summed E-state index contributed by atoms with van der Waals surface area (Å²) in [5.74, 6) is 0. The molecule has 4 nitrogen and oxygen atoms in total. The highest BCUT2D eigenvalue weighted by Gasteiger charge is 1.98. The van der Waals surface area contributed by atoms with E-state index >= 15 is 0 Å². The zero-order valence-corrected chi connectivity index (χ0v) is 7.51. The minimum absolute atomic E-state index is 0.224. The molecule has 1 heterocycles. The topological polar surface area (TPSA) is 54.9 Å². The maximum atomic E-state index is 11.0. The Labute approximate surface area is 71.0 Å². The maximum Gasteiger partial charge on any atom is 0.329 e. The number of aromatic amines is 1. The van der Waals surface area contributed by atoms with Crippen molar-refractivity contribution in [1.29, 1.82) is 0 Å². The zero-order chi connectivity index (χ0) is 8.43. The third-order valence-electron chi connectivity index (χ3n) is 1.27. The molecule has 0 amide bonds. The van der Waals surface area contributed by atoms with Gasteiger partial charge in [-0.1, -0.05) is 15.9 Å². The van der Waals surface area contributed by atoms with Crippen LogP contribution in [0.4, 0.5) is 0 Å². The number of alkyl halides is 1. The molecule has 0 aliphatic carbocycles. The normalized spacial score (nSPS) is 10.0. The molecule has 0 radical (unpaired) electrons. The van der Waals surface area contributed by atoms with E-state index in [-0.39, 0.29) is 16.7 Å². The number of nitrogens with zero attached hydrogens (tertiary/aromatic N) is 1. The fourth-order valence-electron chi connectivity index (χ4n) is 0.749. The fourth-order valence-corrected chi connectivity index (χ4v) is 1.22. The molecule has 5 heteroatoms. The van der Waals surface area contributed by atoms with Gasteiger partial charge in [-0.3, -0.25) is 4.79 Å². The van der Waals surface area contributed by atoms with E-state index in [0.717, 1.165) is 4.57 Å². The van der Waals surface area contributed by atoms with Crippen molar-refractivity contribution in [1.82, 2.24) is 9.55 Å². The van der Waals surface area contributed by atoms with Crippen molar-refractivity contribution in [2.75, 3.05) is 0 Å². The summed E-state index contributed by atoms with van der Waals surface area (Å²) in [5, 5.41) is 0. The highest BCUT2D eigenvalue weighted by molar-refractivity contribution is 9.08. The molecule has 0 spiro atoms. The van der Waals surface area contributed by atoms with E-state index in [9.17, 15) is 9.59 Å². The van der Waals surface area contributed by atoms with Gasteiger partial charge in [-0.05, 0) is 6.92 Å². The Morgan fingerprint density at radius 2 is 2.27 bits per heavy atom. The average molecular weight is 219 g/mol. The quantitative estimate of drug-likeness (QED) is 0.685. The first-order valence-corrected chi connectivity index (χ1v) is 4.14. The second kappa shape index (κ2) is 3.04. The van der Waals surface area contributed by atoms with Crippen LogP contribution in [0, 0.1) is 6.92 Å². The van der Waals surface area contributed by atoms with Crippen molar-refractivity contribution in [3.8, 4) is 0 Å². The lowest BCUT2D eigenvalue weighted by atomic mass is 10.4. The summed E-state index contributed by atoms with van der Waals surface area (Å²) in [6.07, 6.45) is 0. The first-order valence-electron chi connectivity index (χ1n) is 3.02. The van der Waals surface area contributed by atoms with E-state index in [2.05, 4.69) is 20.9 Å². The van der Waals surface area contributed by atoms with Gasteiger partial charge in [0.15, 0.2) is 0 Å². The lowest BCUT2D eigenvalue weighted by Crippen LogP contribution is -2.33. The third kappa shape index (κ3) is 1.59. The number of H-pyrrole nitrogens is 1. The highest BCUT2D eigenvalue weighted by Crippen LogP contribution is 1.83. The predicted octanol–water partition coefficient (Wildman–Crippen LogP) is 0.197. The smallest absolute Gasteiger partial charge is 0.311 e. The van der Waals surface area contributed by atoms with Gasteiger partial charge in [-0.25, -0.2) is 9.36 Å². The second-order valence-corrected chi connectivity index (χ2v) is 2.64. The molecule has 1 rings (SSSR count). The minimum atomic E-state index is -0.383. The molecule has 1 N–H and O–H groups in total. The van der Waals surface area contributed by atoms with Gasteiger partial charge in [0.05, 0.1) is 5.45 Å². The van der Waals surface area contributed by atoms with Crippen LogP contribution in [0.3, 0.4) is 0 Å². The van der Waals surface area contributed by atoms with Gasteiger partial charge in [0, 0.05) is 11.8 Å². The van der Waals surface area contributed by atoms with Crippen molar-refractivity contribution in [2.24, 2.45) is 0 Å². The molecule has 11 heavy (non-hydrogen) atoms. The van der Waals surface area contributed by atoms with Gasteiger partial charge < -0.3 is 4.98 Å². The standard InChI is InChI=1S/C6H7BrN2O2/c1-4-2-5(10)9(3-7)6(11)8-4/h2H,3H2,1H3,(H,8,11). The molecule has 1 aromatic heterocycles. The Morgan fingerprint density at radius 3 is 2.73 bits per heavy atom. The Balaban J connectivity index is 3.50. The van der Waals surface area contributed by atoms with Gasteiger partial charge in [0.2, 0.25) is 0 Å². The Kier molecular flexibility index (Phi) is 2.28. The van der Waals surface area contributed by atoms with Gasteiger partial charge in [-0.2, -0.15) is 0 Å². The number of halogens is 1. The molecule has 0 aliphatic heterocycles. The van der Waals surface area contributed by atoms with Crippen LogP contribution >= 0.6 is 15.9 Å². The molecule has 0 fully saturated rings. The number of aryl methyl sites for hydroxylation is 1. The molecule has 0 aromatic carbocycles. The van der Waals surface area contributed by atoms with Gasteiger partial charge in [-0.15, -0.1) is 0 Å². The summed E-state index contributed by atoms with van der Waals surface area (Å²) < 4.78 is 1.06. The lowest BCUT2D eigenvalue weighted by Gasteiger charge is -1.97. The van der Waals surface area contributed by atoms with Gasteiger partial charge in [0.25, 0.3) is 5.56 Å². The van der Waals surface area contributed by atoms with Crippen LogP contribution in [0.2, 0.25) is 0 Å². The SMILES string of the molecule is Cc1cc(=O)n(CBr)c(=O)[nH]1. The fraction of sp³-hybridized carbons (Fsp3) is 0.333. The molecule has 0 aliphatic rings. The zero-order valence-electron chi connectivity index (χ0n) is 5.93. The summed E-state index contributed by atoms with van der Waals surface area (Å²) in [7, 11) is 0. The van der Waals surface area contributed by atoms with Gasteiger partial charge >= 0.3 is 5.69 Å². The molecule has 60 valence electrons. The molecular weight excluding hydrogens is 212 g/mol. The van der Waals surface area contributed by atoms with Crippen molar-refractivity contribution in [3.05, 3.63) is 32.6 Å². The van der Waals surface area contributed by atoms with Crippen LogP contribution in [-0.4, -0.2) is 9.55 Å². The Hall–Kier alpha value is -0.840. The third-order valence-corrected chi connectivity index (χ3v) is 1.78. The summed E-state index contributed by atoms with van der Waals surface area (Å²) >= 11 is 3.03. The van der Waals surface area contributed by atoms with Crippen molar-refractivity contribution in [2.45, 2.75) is 12.4 Å². The van der Waals surface area contributed by atoms with Crippen LogP contribution < -0.4 is 11.2 Å². The summed E-state index contributed by atoms with van der Waals surface area (Å²) in [5.41, 5.74) is 0.133. The van der Waals surface area contributed by atoms with E-state index in [1.807, 2.05) is 0 Å². The van der Waals surface area contributed by atoms with Crippen LogP contribution in [0.15, 0.2) is 15.7 Å². The number of hydrogen-bond acceptors (Lipinski definition) is 2. The largest absolute Gasteiger partial charge is 0.329 e. The molecular formula is C6H7BrN2O2. The first kappa shape index (κ1) is 8.26. The van der Waals surface area contributed by atoms with E-state index in [1.54, 1.807) is 6.92 Å². The summed E-state index contributed by atoms with van der Waals surface area (Å²) in [6.45, 7) is 1.67. The maximum absolute atomic E-state index is 11.0. The van der Waals surface area contributed by atoms with Crippen molar-refractivity contribution >= 4 is 15.9 Å². The van der Waals surface area contributed by atoms with Crippen molar-refractivity contribution in [3.63, 3.8) is 0 Å². The van der Waals surface area contributed by atoms with Crippen LogP contribution in [0.1, 0.15) is 5.69 Å². The van der Waals surface area contributed by atoms with E-state index < -0.39 is 0 Å². The summed E-state index contributed by atoms with van der Waals surface area (Å²) in [6, 6.07) is 1.38. The van der Waals surface area contributed by atoms with Crippen molar-refractivity contribution < 1.29 is 0 Å². The molecule has 0 saturated heterocycles. The van der Waals surface area contributed by atoms with Crippen LogP contribution in [0.5, 0.6) is 0 Å². The number of hydrogen-bond donors (Lipinski definition) is 1. The van der Waals surface area contributed by atoms with Crippen LogP contribution in [0.25, 0.3) is 0 Å². The molecule has 1 aromatic rings. The molecule has 0 unspecified atom stereocenters. The van der Waals surface area contributed by atoms with Crippen LogP contribution in [-0.2, 0) is 5.45 Å². The number of nitrogens with one attached hydrogen (secondary N) is 1. The number of rotatable bonds is 1. The monoisotopic (exact) mass is 218 g/mol. The molecule has 0 bridgehead atoms. The second-order valence-electron chi connectivity index (χ2n) is 2.14.